The number of rotatable bonds is 3. The van der Waals surface area contributed by atoms with Crippen molar-refractivity contribution in [3.8, 4) is 0 Å². The SMILES string of the molecule is CN1CCC(CCN(C)C(=O)S)C1. The van der Waals surface area contributed by atoms with Crippen molar-refractivity contribution < 1.29 is 4.79 Å². The standard InChI is InChI=1S/C9H18N2OS/c1-10-5-3-8(7-10)4-6-11(2)9(12)13/h8H,3-7H2,1-2H3,(H,12,13). The Hall–Kier alpha value is -0.220. The Morgan fingerprint density at radius 3 is 2.85 bits per heavy atom. The van der Waals surface area contributed by atoms with Crippen LogP contribution in [0.5, 0.6) is 0 Å². The molecular weight excluding hydrogens is 184 g/mol. The first-order chi connectivity index (χ1) is 6.09. The van der Waals surface area contributed by atoms with Crippen LogP contribution in [0.25, 0.3) is 0 Å². The lowest BCUT2D eigenvalue weighted by molar-refractivity contribution is 0.230. The van der Waals surface area contributed by atoms with Gasteiger partial charge in [-0.25, -0.2) is 0 Å². The van der Waals surface area contributed by atoms with E-state index in [0.29, 0.717) is 0 Å². The summed E-state index contributed by atoms with van der Waals surface area (Å²) in [4.78, 5) is 14.8. The van der Waals surface area contributed by atoms with Gasteiger partial charge in [0.1, 0.15) is 0 Å². The van der Waals surface area contributed by atoms with Crippen LogP contribution in [0, 0.1) is 5.92 Å². The Bertz CT molecular complexity index is 186. The third kappa shape index (κ3) is 3.56. The molecule has 0 N–H and O–H groups in total. The van der Waals surface area contributed by atoms with Crippen LogP contribution < -0.4 is 0 Å². The van der Waals surface area contributed by atoms with Crippen LogP contribution in [-0.4, -0.2) is 48.8 Å². The Kier molecular flexibility index (Phi) is 4.06. The number of hydrogen-bond donors (Lipinski definition) is 1. The number of amides is 1. The second kappa shape index (κ2) is 4.86. The van der Waals surface area contributed by atoms with Crippen LogP contribution in [0.15, 0.2) is 0 Å². The highest BCUT2D eigenvalue weighted by Crippen LogP contribution is 2.18. The second-order valence-corrected chi connectivity index (χ2v) is 4.29. The van der Waals surface area contributed by atoms with Gasteiger partial charge in [-0.2, -0.15) is 0 Å². The molecule has 76 valence electrons. The van der Waals surface area contributed by atoms with Gasteiger partial charge in [-0.3, -0.25) is 4.79 Å². The minimum atomic E-state index is -0.133. The molecule has 1 rings (SSSR count). The molecule has 4 heteroatoms. The van der Waals surface area contributed by atoms with Gasteiger partial charge in [-0.1, -0.05) is 12.6 Å². The predicted octanol–water partition coefficient (Wildman–Crippen LogP) is 1.31. The number of likely N-dealkylation sites (tertiary alicyclic amines) is 1. The summed E-state index contributed by atoms with van der Waals surface area (Å²) in [5, 5.41) is -0.133. The zero-order valence-electron chi connectivity index (χ0n) is 8.36. The topological polar surface area (TPSA) is 23.6 Å². The van der Waals surface area contributed by atoms with Gasteiger partial charge >= 0.3 is 0 Å². The van der Waals surface area contributed by atoms with Crippen LogP contribution in [0.2, 0.25) is 0 Å². The van der Waals surface area contributed by atoms with Gasteiger partial charge in [0.25, 0.3) is 5.24 Å². The largest absolute Gasteiger partial charge is 0.337 e. The molecular formula is C9H18N2OS. The lowest BCUT2D eigenvalue weighted by atomic mass is 10.1. The fraction of sp³-hybridized carbons (Fsp3) is 0.889. The normalized spacial score (nSPS) is 23.5. The summed E-state index contributed by atoms with van der Waals surface area (Å²) < 4.78 is 0. The minimum Gasteiger partial charge on any atom is -0.337 e. The molecule has 1 unspecified atom stereocenters. The maximum absolute atomic E-state index is 10.8. The Balaban J connectivity index is 2.16. The van der Waals surface area contributed by atoms with Crippen LogP contribution in [-0.2, 0) is 0 Å². The van der Waals surface area contributed by atoms with Crippen molar-refractivity contribution in [1.82, 2.24) is 9.80 Å². The van der Waals surface area contributed by atoms with E-state index in [1.165, 1.54) is 19.5 Å². The summed E-state index contributed by atoms with van der Waals surface area (Å²) in [7, 11) is 3.95. The molecule has 13 heavy (non-hydrogen) atoms. The van der Waals surface area contributed by atoms with E-state index in [9.17, 15) is 4.79 Å². The van der Waals surface area contributed by atoms with Gasteiger partial charge < -0.3 is 9.80 Å². The summed E-state index contributed by atoms with van der Waals surface area (Å²) >= 11 is 3.76. The van der Waals surface area contributed by atoms with Crippen molar-refractivity contribution in [2.45, 2.75) is 12.8 Å². The van der Waals surface area contributed by atoms with E-state index < -0.39 is 0 Å². The highest BCUT2D eigenvalue weighted by Gasteiger charge is 2.19. The molecule has 1 aliphatic heterocycles. The molecule has 0 spiro atoms. The molecule has 0 aromatic rings. The predicted molar refractivity (Wildman–Crippen MR) is 57.2 cm³/mol. The van der Waals surface area contributed by atoms with Crippen molar-refractivity contribution in [3.05, 3.63) is 0 Å². The number of nitrogens with zero attached hydrogens (tertiary/aromatic N) is 2. The van der Waals surface area contributed by atoms with Gasteiger partial charge in [0.05, 0.1) is 0 Å². The van der Waals surface area contributed by atoms with Crippen molar-refractivity contribution in [1.29, 1.82) is 0 Å². The maximum atomic E-state index is 10.8. The van der Waals surface area contributed by atoms with Gasteiger partial charge in [0.2, 0.25) is 0 Å². The Morgan fingerprint density at radius 2 is 2.38 bits per heavy atom. The van der Waals surface area contributed by atoms with Crippen molar-refractivity contribution in [3.63, 3.8) is 0 Å². The van der Waals surface area contributed by atoms with Crippen molar-refractivity contribution >= 4 is 17.9 Å². The summed E-state index contributed by atoms with van der Waals surface area (Å²) in [5.74, 6) is 0.764. The zero-order chi connectivity index (χ0) is 9.84. The monoisotopic (exact) mass is 202 g/mol. The molecule has 0 aromatic carbocycles. The number of thiol groups is 1. The minimum absolute atomic E-state index is 0.133. The highest BCUT2D eigenvalue weighted by molar-refractivity contribution is 7.96. The summed E-state index contributed by atoms with van der Waals surface area (Å²) in [6.07, 6.45) is 2.37. The third-order valence-electron chi connectivity index (χ3n) is 2.69. The molecule has 1 saturated heterocycles. The lowest BCUT2D eigenvalue weighted by Gasteiger charge is -2.16. The van der Waals surface area contributed by atoms with Crippen molar-refractivity contribution in [2.24, 2.45) is 5.92 Å². The molecule has 1 heterocycles. The van der Waals surface area contributed by atoms with E-state index >= 15 is 0 Å². The van der Waals surface area contributed by atoms with Crippen LogP contribution in [0.1, 0.15) is 12.8 Å². The van der Waals surface area contributed by atoms with Crippen LogP contribution >= 0.6 is 12.6 Å². The van der Waals surface area contributed by atoms with Crippen LogP contribution in [0.3, 0.4) is 0 Å². The quantitative estimate of drug-likeness (QED) is 0.698. The zero-order valence-corrected chi connectivity index (χ0v) is 9.26. The summed E-state index contributed by atoms with van der Waals surface area (Å²) in [6.45, 7) is 3.21. The smallest absolute Gasteiger partial charge is 0.278 e. The molecule has 0 saturated carbocycles. The van der Waals surface area contributed by atoms with E-state index in [4.69, 9.17) is 0 Å². The number of hydrogen-bond acceptors (Lipinski definition) is 2. The molecule has 0 aliphatic carbocycles. The number of carbonyl (C=O) groups is 1. The molecule has 1 fully saturated rings. The van der Waals surface area contributed by atoms with E-state index in [2.05, 4.69) is 24.6 Å². The van der Waals surface area contributed by atoms with Gasteiger partial charge in [-0.15, -0.1) is 0 Å². The summed E-state index contributed by atoms with van der Waals surface area (Å²) in [6, 6.07) is 0. The van der Waals surface area contributed by atoms with E-state index in [0.717, 1.165) is 18.9 Å². The Labute approximate surface area is 85.5 Å². The Morgan fingerprint density at radius 1 is 1.69 bits per heavy atom. The molecule has 1 aliphatic rings. The third-order valence-corrected chi connectivity index (χ3v) is 3.03. The first-order valence-corrected chi connectivity index (χ1v) is 5.17. The fourth-order valence-corrected chi connectivity index (χ4v) is 1.83. The van der Waals surface area contributed by atoms with E-state index in [1.54, 1.807) is 11.9 Å². The van der Waals surface area contributed by atoms with Gasteiger partial charge in [0.15, 0.2) is 0 Å². The average molecular weight is 202 g/mol. The van der Waals surface area contributed by atoms with Gasteiger partial charge in [-0.05, 0) is 32.4 Å². The maximum Gasteiger partial charge on any atom is 0.278 e. The first kappa shape index (κ1) is 10.9. The molecule has 0 bridgehead atoms. The molecule has 1 amide bonds. The molecule has 0 radical (unpaired) electrons. The lowest BCUT2D eigenvalue weighted by Crippen LogP contribution is -2.24. The van der Waals surface area contributed by atoms with Gasteiger partial charge in [0, 0.05) is 20.1 Å². The van der Waals surface area contributed by atoms with E-state index in [1.807, 2.05) is 0 Å². The fourth-order valence-electron chi connectivity index (χ4n) is 1.73. The first-order valence-electron chi connectivity index (χ1n) is 4.72. The van der Waals surface area contributed by atoms with Crippen LogP contribution in [0.4, 0.5) is 4.79 Å². The average Bonchev–Trinajstić information content (AvgIpc) is 2.47. The molecule has 1 atom stereocenters. The molecule has 0 aromatic heterocycles. The highest BCUT2D eigenvalue weighted by atomic mass is 32.1. The second-order valence-electron chi connectivity index (χ2n) is 3.91. The summed E-state index contributed by atoms with van der Waals surface area (Å²) in [5.41, 5.74) is 0. The van der Waals surface area contributed by atoms with E-state index in [-0.39, 0.29) is 5.24 Å². The molecule has 3 nitrogen and oxygen atoms in total. The number of carbonyl (C=O) groups excluding carboxylic acids is 1. The van der Waals surface area contributed by atoms with Crippen molar-refractivity contribution in [2.75, 3.05) is 33.7 Å².